The van der Waals surface area contributed by atoms with Crippen molar-refractivity contribution in [2.75, 3.05) is 19.8 Å². The van der Waals surface area contributed by atoms with Gasteiger partial charge in [-0.25, -0.2) is 0 Å². The molecule has 1 unspecified atom stereocenters. The predicted molar refractivity (Wildman–Crippen MR) is 128 cm³/mol. The van der Waals surface area contributed by atoms with E-state index in [0.717, 1.165) is 11.1 Å². The number of nitrogens with two attached hydrogens (primary N) is 2. The van der Waals surface area contributed by atoms with Crippen LogP contribution in [0.3, 0.4) is 0 Å². The van der Waals surface area contributed by atoms with Crippen LogP contribution in [0.15, 0.2) is 30.3 Å². The van der Waals surface area contributed by atoms with E-state index in [2.05, 4.69) is 44.5 Å². The maximum atomic E-state index is 13.0. The van der Waals surface area contributed by atoms with Gasteiger partial charge in [0.2, 0.25) is 0 Å². The first-order valence-electron chi connectivity index (χ1n) is 11.7. The van der Waals surface area contributed by atoms with Crippen molar-refractivity contribution < 1.29 is 4.79 Å². The monoisotopic (exact) mass is 430 g/mol. The van der Waals surface area contributed by atoms with Gasteiger partial charge < -0.3 is 16.8 Å². The highest BCUT2D eigenvalue weighted by molar-refractivity contribution is 6.02. The highest BCUT2D eigenvalue weighted by Crippen LogP contribution is 2.69. The fraction of sp³-hybridized carbons (Fsp3) is 0.462. The van der Waals surface area contributed by atoms with E-state index < -0.39 is 0 Å². The van der Waals surface area contributed by atoms with Crippen molar-refractivity contribution >= 4 is 23.1 Å². The van der Waals surface area contributed by atoms with Gasteiger partial charge in [-0.2, -0.15) is 0 Å². The summed E-state index contributed by atoms with van der Waals surface area (Å²) in [6.07, 6.45) is 3.75. The van der Waals surface area contributed by atoms with Crippen molar-refractivity contribution in [1.82, 2.24) is 9.80 Å². The Morgan fingerprint density at radius 3 is 2.69 bits per heavy atom. The molecule has 2 bridgehead atoms. The van der Waals surface area contributed by atoms with Gasteiger partial charge in [0.25, 0.3) is 5.91 Å². The van der Waals surface area contributed by atoms with Gasteiger partial charge in [0.05, 0.1) is 19.7 Å². The zero-order valence-corrected chi connectivity index (χ0v) is 19.0. The molecule has 2 aliphatic heterocycles. The number of hydrogen-bond acceptors (Lipinski definition) is 3. The summed E-state index contributed by atoms with van der Waals surface area (Å²) in [5.41, 5.74) is 18.8. The van der Waals surface area contributed by atoms with Gasteiger partial charge in [-0.15, -0.1) is 0 Å². The second-order valence-corrected chi connectivity index (χ2v) is 10.9. The lowest BCUT2D eigenvalue weighted by Crippen LogP contribution is -2.65. The first-order chi connectivity index (χ1) is 15.2. The average molecular weight is 431 g/mol. The van der Waals surface area contributed by atoms with Crippen LogP contribution in [0.5, 0.6) is 0 Å². The van der Waals surface area contributed by atoms with Gasteiger partial charge in [0.1, 0.15) is 17.1 Å². The number of anilines is 1. The molecule has 0 spiro atoms. The van der Waals surface area contributed by atoms with Gasteiger partial charge in [0, 0.05) is 40.8 Å². The number of nitrogens with one attached hydrogen (secondary N) is 2. The van der Waals surface area contributed by atoms with Gasteiger partial charge in [-0.1, -0.05) is 12.1 Å². The minimum absolute atomic E-state index is 0.00782. The van der Waals surface area contributed by atoms with Crippen LogP contribution in [0, 0.1) is 23.2 Å². The molecule has 6 nitrogen and oxygen atoms in total. The summed E-state index contributed by atoms with van der Waals surface area (Å²) >= 11 is 0. The molecule has 0 aromatic heterocycles. The van der Waals surface area contributed by atoms with Crippen molar-refractivity contribution in [1.29, 1.82) is 5.41 Å². The van der Waals surface area contributed by atoms with E-state index in [-0.39, 0.29) is 17.3 Å². The number of rotatable bonds is 2. The Morgan fingerprint density at radius 1 is 1.19 bits per heavy atom. The molecular formula is C26H32N5O+. The quantitative estimate of drug-likeness (QED) is 0.254. The molecule has 166 valence electrons. The third-order valence-electron chi connectivity index (χ3n) is 9.57. The molecule has 1 amide bonds. The molecule has 2 aliphatic carbocycles. The molecule has 2 fully saturated rings. The molecule has 6 heteroatoms. The predicted octanol–water partition coefficient (Wildman–Crippen LogP) is 3.42. The molecule has 2 aromatic rings. The molecule has 5 atom stereocenters. The van der Waals surface area contributed by atoms with Gasteiger partial charge >= 0.3 is 0 Å². The SMILES string of the molecule is CC1(c2ccc(N)c(C(=N)N)c2)[C@@H]2[C@@H]3CC[C@H](C3)[C@@H]2c2c(ccc3c2C(=O)NC3)[N+]1(C)C. The summed E-state index contributed by atoms with van der Waals surface area (Å²) in [5.74, 6) is 2.18. The maximum absolute atomic E-state index is 13.0. The van der Waals surface area contributed by atoms with Crippen LogP contribution in [-0.4, -0.2) is 25.8 Å². The number of quaternary nitrogens is 1. The van der Waals surface area contributed by atoms with E-state index >= 15 is 0 Å². The summed E-state index contributed by atoms with van der Waals surface area (Å²) in [4.78, 5) is 13.0. The van der Waals surface area contributed by atoms with Crippen LogP contribution in [0.2, 0.25) is 0 Å². The van der Waals surface area contributed by atoms with Crippen molar-refractivity contribution in [2.24, 2.45) is 23.5 Å². The second-order valence-electron chi connectivity index (χ2n) is 10.9. The van der Waals surface area contributed by atoms with Crippen LogP contribution in [-0.2, 0) is 12.1 Å². The largest absolute Gasteiger partial charge is 0.398 e. The Kier molecular flexibility index (Phi) is 3.79. The number of amides is 1. The fourth-order valence-corrected chi connectivity index (χ4v) is 7.92. The molecule has 6 rings (SSSR count). The molecule has 4 aliphatic rings. The summed E-state index contributed by atoms with van der Waals surface area (Å²) in [5, 5.41) is 11.1. The maximum Gasteiger partial charge on any atom is 0.252 e. The Morgan fingerprint density at radius 2 is 1.94 bits per heavy atom. The van der Waals surface area contributed by atoms with Gasteiger partial charge in [0.15, 0.2) is 0 Å². The van der Waals surface area contributed by atoms with Crippen molar-refractivity contribution in [3.8, 4) is 0 Å². The summed E-state index contributed by atoms with van der Waals surface area (Å²) in [7, 11) is 4.56. The highest BCUT2D eigenvalue weighted by Gasteiger charge is 2.66. The Hall–Kier alpha value is -2.86. The van der Waals surface area contributed by atoms with E-state index in [0.29, 0.717) is 46.0 Å². The molecule has 0 radical (unpaired) electrons. The molecule has 2 saturated carbocycles. The first-order valence-corrected chi connectivity index (χ1v) is 11.7. The smallest absolute Gasteiger partial charge is 0.252 e. The number of carbonyl (C=O) groups is 1. The Bertz CT molecular complexity index is 1200. The Balaban J connectivity index is 1.65. The zero-order valence-electron chi connectivity index (χ0n) is 19.0. The second kappa shape index (κ2) is 6.13. The summed E-state index contributed by atoms with van der Waals surface area (Å²) in [6.45, 7) is 3.02. The topological polar surface area (TPSA) is 105 Å². The van der Waals surface area contributed by atoms with Crippen LogP contribution in [0.1, 0.15) is 64.7 Å². The van der Waals surface area contributed by atoms with E-state index in [1.54, 1.807) is 0 Å². The van der Waals surface area contributed by atoms with Crippen LogP contribution in [0.25, 0.3) is 0 Å². The number of amidine groups is 1. The lowest BCUT2D eigenvalue weighted by molar-refractivity contribution is 0.0309. The lowest BCUT2D eigenvalue weighted by atomic mass is 9.59. The summed E-state index contributed by atoms with van der Waals surface area (Å²) in [6, 6.07) is 10.5. The minimum Gasteiger partial charge on any atom is -0.398 e. The third-order valence-corrected chi connectivity index (χ3v) is 9.57. The van der Waals surface area contributed by atoms with E-state index in [9.17, 15) is 4.79 Å². The third kappa shape index (κ3) is 2.18. The average Bonchev–Trinajstić information content (AvgIpc) is 3.47. The number of hydrogen-bond donors (Lipinski definition) is 4. The first kappa shape index (κ1) is 19.8. The fourth-order valence-electron chi connectivity index (χ4n) is 7.92. The number of nitrogens with zero attached hydrogens (tertiary/aromatic N) is 1. The number of nitrogen functional groups attached to an aromatic ring is 2. The zero-order chi connectivity index (χ0) is 22.6. The molecule has 2 heterocycles. The van der Waals surface area contributed by atoms with Crippen molar-refractivity contribution in [2.45, 2.75) is 44.2 Å². The molecule has 6 N–H and O–H groups in total. The van der Waals surface area contributed by atoms with Crippen LogP contribution < -0.4 is 21.3 Å². The normalized spacial score (nSPS) is 33.4. The molecule has 0 saturated heterocycles. The van der Waals surface area contributed by atoms with Crippen molar-refractivity contribution in [3.05, 3.63) is 58.1 Å². The van der Waals surface area contributed by atoms with E-state index in [1.807, 2.05) is 12.1 Å². The summed E-state index contributed by atoms with van der Waals surface area (Å²) < 4.78 is 0.661. The number of carbonyl (C=O) groups excluding carboxylic acids is 1. The molecule has 32 heavy (non-hydrogen) atoms. The van der Waals surface area contributed by atoms with Crippen LogP contribution in [0.4, 0.5) is 11.4 Å². The number of benzene rings is 2. The number of fused-ring (bicyclic) bond motifs is 9. The molecule has 2 aromatic carbocycles. The van der Waals surface area contributed by atoms with Crippen LogP contribution >= 0.6 is 0 Å². The van der Waals surface area contributed by atoms with Gasteiger partial charge in [-0.3, -0.25) is 14.7 Å². The Labute approximate surface area is 189 Å². The lowest BCUT2D eigenvalue weighted by Gasteiger charge is -2.58. The van der Waals surface area contributed by atoms with Crippen molar-refractivity contribution in [3.63, 3.8) is 0 Å². The van der Waals surface area contributed by atoms with E-state index in [4.69, 9.17) is 16.9 Å². The highest BCUT2D eigenvalue weighted by atomic mass is 16.1. The van der Waals surface area contributed by atoms with E-state index in [1.165, 1.54) is 36.1 Å². The van der Waals surface area contributed by atoms with Gasteiger partial charge in [-0.05, 0) is 61.8 Å². The standard InChI is InChI=1S/C26H31N5O/c1-26(16-7-8-18(27)17(11-16)24(28)29)23-14-5-4-13(10-14)20(23)22-19(31(26,2)3)9-6-15-12-30-25(32)21(15)22/h6-9,11,13-14,20,23H,4-5,10,12H2,1-3H3,(H5-,27,28,29,30,32)/p+1/t13-,14-,20-,23-,26?/m1/s1. The molecular weight excluding hydrogens is 398 g/mol. The minimum atomic E-state index is -0.223.